The maximum atomic E-state index is 13.3. The summed E-state index contributed by atoms with van der Waals surface area (Å²) >= 11 is 0. The van der Waals surface area contributed by atoms with Gasteiger partial charge in [0, 0.05) is 6.07 Å². The molecule has 0 unspecified atom stereocenters. The predicted octanol–water partition coefficient (Wildman–Crippen LogP) is 1.88. The normalized spacial score (nSPS) is 11.9. The highest BCUT2D eigenvalue weighted by Crippen LogP contribution is 2.10. The van der Waals surface area contributed by atoms with Crippen molar-refractivity contribution in [3.63, 3.8) is 0 Å². The van der Waals surface area contributed by atoms with E-state index < -0.39 is 29.6 Å². The minimum atomic E-state index is -1.13. The van der Waals surface area contributed by atoms with E-state index in [4.69, 9.17) is 5.11 Å². The van der Waals surface area contributed by atoms with Gasteiger partial charge in [0.1, 0.15) is 17.7 Å². The number of carboxylic acid groups (broad SMARTS) is 1. The number of halogens is 2. The van der Waals surface area contributed by atoms with Gasteiger partial charge in [-0.15, -0.1) is 0 Å². The summed E-state index contributed by atoms with van der Waals surface area (Å²) in [5.74, 6) is -3.28. The van der Waals surface area contributed by atoms with E-state index in [0.717, 1.165) is 6.07 Å². The summed E-state index contributed by atoms with van der Waals surface area (Å²) in [5, 5.41) is 11.2. The molecule has 1 amide bonds. The zero-order chi connectivity index (χ0) is 14.4. The van der Waals surface area contributed by atoms with E-state index in [-0.39, 0.29) is 12.0 Å². The quantitative estimate of drug-likeness (QED) is 0.830. The maximum Gasteiger partial charge on any atom is 0.326 e. The molecular weight excluding hydrogens is 256 g/mol. The SMILES string of the molecule is CCC[C@H](NC(=O)Cc1ccc(F)cc1F)C(=O)O. The lowest BCUT2D eigenvalue weighted by atomic mass is 10.1. The predicted molar refractivity (Wildman–Crippen MR) is 64.5 cm³/mol. The molecule has 2 N–H and O–H groups in total. The molecule has 1 rings (SSSR count). The summed E-state index contributed by atoms with van der Waals surface area (Å²) in [6, 6.07) is 1.91. The Hall–Kier alpha value is -1.98. The number of carbonyl (C=O) groups excluding carboxylic acids is 1. The molecular formula is C13H15F2NO3. The molecule has 1 aromatic rings. The average molecular weight is 271 g/mol. The molecule has 4 nitrogen and oxygen atoms in total. The van der Waals surface area contributed by atoms with Gasteiger partial charge in [0.05, 0.1) is 6.42 Å². The molecule has 0 aliphatic rings. The second-order valence-corrected chi connectivity index (χ2v) is 4.16. The number of aliphatic carboxylic acids is 1. The second-order valence-electron chi connectivity index (χ2n) is 4.16. The van der Waals surface area contributed by atoms with Gasteiger partial charge in [0.25, 0.3) is 0 Å². The molecule has 1 atom stereocenters. The lowest BCUT2D eigenvalue weighted by molar-refractivity contribution is -0.141. The van der Waals surface area contributed by atoms with Crippen LogP contribution in [0, 0.1) is 11.6 Å². The average Bonchev–Trinajstić information content (AvgIpc) is 2.32. The van der Waals surface area contributed by atoms with Crippen molar-refractivity contribution in [3.05, 3.63) is 35.4 Å². The fourth-order valence-electron chi connectivity index (χ4n) is 1.63. The molecule has 0 saturated heterocycles. The van der Waals surface area contributed by atoms with E-state index in [1.165, 1.54) is 6.07 Å². The van der Waals surface area contributed by atoms with E-state index in [0.29, 0.717) is 18.9 Å². The summed E-state index contributed by atoms with van der Waals surface area (Å²) in [4.78, 5) is 22.5. The summed E-state index contributed by atoms with van der Waals surface area (Å²) < 4.78 is 26.0. The van der Waals surface area contributed by atoms with Crippen molar-refractivity contribution < 1.29 is 23.5 Å². The zero-order valence-corrected chi connectivity index (χ0v) is 10.5. The number of hydrogen-bond acceptors (Lipinski definition) is 2. The third kappa shape index (κ3) is 4.65. The molecule has 104 valence electrons. The van der Waals surface area contributed by atoms with Gasteiger partial charge in [-0.3, -0.25) is 4.79 Å². The van der Waals surface area contributed by atoms with E-state index in [1.807, 2.05) is 0 Å². The number of carboxylic acids is 1. The number of nitrogens with one attached hydrogen (secondary N) is 1. The Balaban J connectivity index is 2.66. The summed E-state index contributed by atoms with van der Waals surface area (Å²) in [6.07, 6.45) is 0.578. The van der Waals surface area contributed by atoms with Gasteiger partial charge in [-0.25, -0.2) is 13.6 Å². The number of rotatable bonds is 6. The molecule has 0 aliphatic carbocycles. The van der Waals surface area contributed by atoms with Crippen LogP contribution in [0.15, 0.2) is 18.2 Å². The Bertz CT molecular complexity index is 477. The van der Waals surface area contributed by atoms with Crippen molar-refractivity contribution in [1.29, 1.82) is 0 Å². The smallest absolute Gasteiger partial charge is 0.326 e. The van der Waals surface area contributed by atoms with Crippen LogP contribution >= 0.6 is 0 Å². The van der Waals surface area contributed by atoms with Crippen molar-refractivity contribution in [1.82, 2.24) is 5.32 Å². The van der Waals surface area contributed by atoms with Gasteiger partial charge in [-0.05, 0) is 18.1 Å². The van der Waals surface area contributed by atoms with Crippen molar-refractivity contribution in [2.45, 2.75) is 32.2 Å². The maximum absolute atomic E-state index is 13.3. The van der Waals surface area contributed by atoms with Crippen LogP contribution in [0.5, 0.6) is 0 Å². The third-order valence-electron chi connectivity index (χ3n) is 2.58. The van der Waals surface area contributed by atoms with Crippen LogP contribution in [0.4, 0.5) is 8.78 Å². The molecule has 0 spiro atoms. The summed E-state index contributed by atoms with van der Waals surface area (Å²) in [7, 11) is 0. The van der Waals surface area contributed by atoms with Gasteiger partial charge in [0.2, 0.25) is 5.91 Å². The second kappa shape index (κ2) is 6.82. The summed E-state index contributed by atoms with van der Waals surface area (Å²) in [6.45, 7) is 1.79. The van der Waals surface area contributed by atoms with Gasteiger partial charge >= 0.3 is 5.97 Å². The topological polar surface area (TPSA) is 66.4 Å². The van der Waals surface area contributed by atoms with E-state index in [9.17, 15) is 18.4 Å². The van der Waals surface area contributed by atoms with Crippen molar-refractivity contribution >= 4 is 11.9 Å². The van der Waals surface area contributed by atoms with Gasteiger partial charge < -0.3 is 10.4 Å². The number of benzene rings is 1. The number of carbonyl (C=O) groups is 2. The first-order chi connectivity index (χ1) is 8.93. The largest absolute Gasteiger partial charge is 0.480 e. The lowest BCUT2D eigenvalue weighted by Gasteiger charge is -2.13. The molecule has 1 aromatic carbocycles. The highest BCUT2D eigenvalue weighted by molar-refractivity contribution is 5.84. The highest BCUT2D eigenvalue weighted by atomic mass is 19.1. The van der Waals surface area contributed by atoms with Crippen LogP contribution in [0.3, 0.4) is 0 Å². The third-order valence-corrected chi connectivity index (χ3v) is 2.58. The standard InChI is InChI=1S/C13H15F2NO3/c1-2-3-11(13(18)19)16-12(17)6-8-4-5-9(14)7-10(8)15/h4-5,7,11H,2-3,6H2,1H3,(H,16,17)(H,18,19)/t11-/m0/s1. The molecule has 0 radical (unpaired) electrons. The molecule has 0 bridgehead atoms. The minimum absolute atomic E-state index is 0.0273. The Morgan fingerprint density at radius 3 is 2.58 bits per heavy atom. The Kier molecular flexibility index (Phi) is 5.41. The lowest BCUT2D eigenvalue weighted by Crippen LogP contribution is -2.41. The Labute approximate surface area is 109 Å². The first kappa shape index (κ1) is 15.1. The first-order valence-electron chi connectivity index (χ1n) is 5.90. The molecule has 19 heavy (non-hydrogen) atoms. The van der Waals surface area contributed by atoms with Crippen LogP contribution in [-0.4, -0.2) is 23.0 Å². The molecule has 0 aromatic heterocycles. The molecule has 0 fully saturated rings. The van der Waals surface area contributed by atoms with Gasteiger partial charge in [-0.1, -0.05) is 19.4 Å². The Morgan fingerprint density at radius 2 is 2.05 bits per heavy atom. The number of hydrogen-bond donors (Lipinski definition) is 2. The first-order valence-corrected chi connectivity index (χ1v) is 5.90. The van der Waals surface area contributed by atoms with Crippen LogP contribution in [0.1, 0.15) is 25.3 Å². The van der Waals surface area contributed by atoms with Crippen LogP contribution in [0.2, 0.25) is 0 Å². The molecule has 0 saturated carbocycles. The van der Waals surface area contributed by atoms with Crippen molar-refractivity contribution in [2.75, 3.05) is 0 Å². The zero-order valence-electron chi connectivity index (χ0n) is 10.5. The highest BCUT2D eigenvalue weighted by Gasteiger charge is 2.19. The van der Waals surface area contributed by atoms with Crippen LogP contribution < -0.4 is 5.32 Å². The van der Waals surface area contributed by atoms with Gasteiger partial charge in [0.15, 0.2) is 0 Å². The van der Waals surface area contributed by atoms with E-state index in [1.54, 1.807) is 6.92 Å². The van der Waals surface area contributed by atoms with Crippen molar-refractivity contribution in [3.8, 4) is 0 Å². The molecule has 0 aliphatic heterocycles. The molecule has 6 heteroatoms. The Morgan fingerprint density at radius 1 is 1.37 bits per heavy atom. The van der Waals surface area contributed by atoms with E-state index in [2.05, 4.69) is 5.32 Å². The minimum Gasteiger partial charge on any atom is -0.480 e. The van der Waals surface area contributed by atoms with Crippen molar-refractivity contribution in [2.24, 2.45) is 0 Å². The van der Waals surface area contributed by atoms with E-state index >= 15 is 0 Å². The fourth-order valence-corrected chi connectivity index (χ4v) is 1.63. The van der Waals surface area contributed by atoms with Crippen LogP contribution in [0.25, 0.3) is 0 Å². The summed E-state index contributed by atoms with van der Waals surface area (Å²) in [5.41, 5.74) is 0.0273. The van der Waals surface area contributed by atoms with Crippen LogP contribution in [-0.2, 0) is 16.0 Å². The number of amides is 1. The van der Waals surface area contributed by atoms with Gasteiger partial charge in [-0.2, -0.15) is 0 Å². The fraction of sp³-hybridized carbons (Fsp3) is 0.385. The monoisotopic (exact) mass is 271 g/mol. The molecule has 0 heterocycles.